The summed E-state index contributed by atoms with van der Waals surface area (Å²) in [7, 11) is 0. The topological polar surface area (TPSA) is 32.3 Å². The van der Waals surface area contributed by atoms with Crippen LogP contribution in [0.3, 0.4) is 0 Å². The van der Waals surface area contributed by atoms with Gasteiger partial charge in [0.25, 0.3) is 0 Å². The van der Waals surface area contributed by atoms with Gasteiger partial charge >= 0.3 is 12.2 Å². The summed E-state index contributed by atoms with van der Waals surface area (Å²) in [6.45, 7) is 0.739. The molecule has 17 heavy (non-hydrogen) atoms. The lowest BCUT2D eigenvalue weighted by molar-refractivity contribution is -0.137. The van der Waals surface area contributed by atoms with Gasteiger partial charge in [-0.2, -0.15) is 13.2 Å². The molecule has 0 unspecified atom stereocenters. The second kappa shape index (κ2) is 4.10. The highest BCUT2D eigenvalue weighted by atomic mass is 35.5. The average molecular weight is 265 g/mol. The molecular weight excluding hydrogens is 257 g/mol. The van der Waals surface area contributed by atoms with Gasteiger partial charge in [0.05, 0.1) is 5.56 Å². The van der Waals surface area contributed by atoms with Crippen LogP contribution in [0.4, 0.5) is 23.7 Å². The van der Waals surface area contributed by atoms with Crippen LogP contribution < -0.4 is 10.2 Å². The molecule has 0 radical (unpaired) electrons. The maximum atomic E-state index is 12.6. The lowest BCUT2D eigenvalue weighted by Crippen LogP contribution is -2.27. The number of halogens is 4. The minimum Gasteiger partial charge on any atom is -0.336 e. The van der Waals surface area contributed by atoms with Crippen molar-refractivity contribution in [2.24, 2.45) is 0 Å². The van der Waals surface area contributed by atoms with E-state index in [9.17, 15) is 18.0 Å². The Bertz CT molecular complexity index is 461. The molecule has 1 aromatic carbocycles. The highest BCUT2D eigenvalue weighted by Crippen LogP contribution is 2.34. The van der Waals surface area contributed by atoms with Crippen molar-refractivity contribution in [3.63, 3.8) is 0 Å². The minimum atomic E-state index is -4.48. The molecule has 1 N–H and O–H groups in total. The van der Waals surface area contributed by atoms with Gasteiger partial charge in [-0.25, -0.2) is 4.79 Å². The molecule has 0 bridgehead atoms. The number of hydrogen-bond acceptors (Lipinski definition) is 1. The third-order valence-corrected chi connectivity index (χ3v) is 2.60. The third kappa shape index (κ3) is 2.46. The first-order valence-electron chi connectivity index (χ1n) is 4.81. The number of alkyl halides is 3. The average Bonchev–Trinajstić information content (AvgIpc) is 2.62. The molecule has 1 saturated heterocycles. The van der Waals surface area contributed by atoms with E-state index in [0.29, 0.717) is 13.1 Å². The number of carbonyl (C=O) groups excluding carboxylic acids is 1. The Morgan fingerprint density at radius 3 is 2.53 bits per heavy atom. The van der Waals surface area contributed by atoms with Crippen molar-refractivity contribution in [1.29, 1.82) is 0 Å². The number of amides is 2. The smallest absolute Gasteiger partial charge is 0.336 e. The molecule has 1 aromatic rings. The predicted octanol–water partition coefficient (Wildman–Crippen LogP) is 2.89. The van der Waals surface area contributed by atoms with Crippen molar-refractivity contribution >= 4 is 23.3 Å². The zero-order valence-electron chi connectivity index (χ0n) is 8.51. The van der Waals surface area contributed by atoms with Gasteiger partial charge in [-0.15, -0.1) is 0 Å². The van der Waals surface area contributed by atoms with Crippen molar-refractivity contribution in [2.75, 3.05) is 18.0 Å². The van der Waals surface area contributed by atoms with Crippen molar-refractivity contribution in [3.8, 4) is 0 Å². The molecule has 0 aromatic heterocycles. The second-order valence-corrected chi connectivity index (χ2v) is 4.02. The van der Waals surface area contributed by atoms with Crippen molar-refractivity contribution in [2.45, 2.75) is 6.18 Å². The summed E-state index contributed by atoms with van der Waals surface area (Å²) in [6.07, 6.45) is -4.48. The summed E-state index contributed by atoms with van der Waals surface area (Å²) in [5, 5.41) is 2.46. The zero-order valence-corrected chi connectivity index (χ0v) is 9.27. The number of nitrogens with one attached hydrogen (secondary N) is 1. The molecule has 0 saturated carbocycles. The van der Waals surface area contributed by atoms with E-state index in [1.54, 1.807) is 0 Å². The standard InChI is InChI=1S/C10H8ClF3N2O/c11-7-3-6(10(12,13)14)4-8(5-7)16-2-1-15-9(16)17/h3-5H,1-2H2,(H,15,17). The van der Waals surface area contributed by atoms with Gasteiger partial charge in [0.2, 0.25) is 0 Å². The number of hydrogen-bond donors (Lipinski definition) is 1. The number of carbonyl (C=O) groups is 1. The fourth-order valence-electron chi connectivity index (χ4n) is 1.61. The number of benzene rings is 1. The van der Waals surface area contributed by atoms with E-state index < -0.39 is 17.8 Å². The lowest BCUT2D eigenvalue weighted by atomic mass is 10.2. The molecule has 0 aliphatic carbocycles. The fraction of sp³-hybridized carbons (Fsp3) is 0.300. The summed E-state index contributed by atoms with van der Waals surface area (Å²) in [5.74, 6) is 0. The number of urea groups is 1. The lowest BCUT2D eigenvalue weighted by Gasteiger charge is -2.16. The maximum absolute atomic E-state index is 12.6. The van der Waals surface area contributed by atoms with E-state index in [2.05, 4.69) is 5.32 Å². The molecule has 92 valence electrons. The second-order valence-electron chi connectivity index (χ2n) is 3.58. The van der Waals surface area contributed by atoms with Crippen LogP contribution in [-0.4, -0.2) is 19.1 Å². The number of anilines is 1. The first-order chi connectivity index (χ1) is 7.88. The molecule has 1 fully saturated rings. The quantitative estimate of drug-likeness (QED) is 0.831. The molecule has 1 heterocycles. The van der Waals surface area contributed by atoms with E-state index >= 15 is 0 Å². The third-order valence-electron chi connectivity index (χ3n) is 2.38. The molecule has 1 aliphatic rings. The van der Waals surface area contributed by atoms with Crippen LogP contribution in [0.1, 0.15) is 5.56 Å². The minimum absolute atomic E-state index is 0.0467. The van der Waals surface area contributed by atoms with Crippen LogP contribution in [-0.2, 0) is 6.18 Å². The van der Waals surface area contributed by atoms with Gasteiger partial charge in [-0.3, -0.25) is 4.90 Å². The summed E-state index contributed by atoms with van der Waals surface area (Å²) in [5.41, 5.74) is -0.709. The van der Waals surface area contributed by atoms with Crippen LogP contribution in [0.15, 0.2) is 18.2 Å². The van der Waals surface area contributed by atoms with Crippen LogP contribution in [0, 0.1) is 0 Å². The normalized spacial score (nSPS) is 16.2. The molecule has 0 atom stereocenters. The Kier molecular flexibility index (Phi) is 2.91. The SMILES string of the molecule is O=C1NCCN1c1cc(Cl)cc(C(F)(F)F)c1. The summed E-state index contributed by atoms with van der Waals surface area (Å²) in [4.78, 5) is 12.6. The van der Waals surface area contributed by atoms with Gasteiger partial charge < -0.3 is 5.32 Å². The molecule has 7 heteroatoms. The van der Waals surface area contributed by atoms with Gasteiger partial charge in [0.1, 0.15) is 0 Å². The van der Waals surface area contributed by atoms with E-state index in [1.165, 1.54) is 11.0 Å². The Hall–Kier alpha value is -1.43. The molecule has 2 rings (SSSR count). The van der Waals surface area contributed by atoms with Crippen molar-refractivity contribution in [3.05, 3.63) is 28.8 Å². The zero-order chi connectivity index (χ0) is 12.6. The van der Waals surface area contributed by atoms with E-state index in [-0.39, 0.29) is 10.7 Å². The van der Waals surface area contributed by atoms with E-state index in [0.717, 1.165) is 12.1 Å². The Balaban J connectivity index is 2.41. The first-order valence-corrected chi connectivity index (χ1v) is 5.19. The molecule has 3 nitrogen and oxygen atoms in total. The van der Waals surface area contributed by atoms with E-state index in [4.69, 9.17) is 11.6 Å². The van der Waals surface area contributed by atoms with Crippen molar-refractivity contribution in [1.82, 2.24) is 5.32 Å². The largest absolute Gasteiger partial charge is 0.416 e. The monoisotopic (exact) mass is 264 g/mol. The highest BCUT2D eigenvalue weighted by molar-refractivity contribution is 6.31. The summed E-state index contributed by atoms with van der Waals surface area (Å²) in [6, 6.07) is 2.66. The molecular formula is C10H8ClF3N2O. The number of nitrogens with zero attached hydrogens (tertiary/aromatic N) is 1. The molecule has 0 spiro atoms. The first kappa shape index (κ1) is 12.0. The fourth-order valence-corrected chi connectivity index (χ4v) is 1.84. The Morgan fingerprint density at radius 2 is 2.00 bits per heavy atom. The Morgan fingerprint density at radius 1 is 1.29 bits per heavy atom. The van der Waals surface area contributed by atoms with Crippen LogP contribution in [0.5, 0.6) is 0 Å². The van der Waals surface area contributed by atoms with Crippen LogP contribution in [0.25, 0.3) is 0 Å². The summed E-state index contributed by atoms with van der Waals surface area (Å²) < 4.78 is 37.7. The Labute approximate surface area is 100 Å². The summed E-state index contributed by atoms with van der Waals surface area (Å²) >= 11 is 5.62. The predicted molar refractivity (Wildman–Crippen MR) is 57.2 cm³/mol. The van der Waals surface area contributed by atoms with Crippen molar-refractivity contribution < 1.29 is 18.0 Å². The van der Waals surface area contributed by atoms with Gasteiger partial charge in [-0.1, -0.05) is 11.6 Å². The van der Waals surface area contributed by atoms with Gasteiger partial charge in [0, 0.05) is 23.8 Å². The highest BCUT2D eigenvalue weighted by Gasteiger charge is 2.32. The van der Waals surface area contributed by atoms with Crippen LogP contribution in [0.2, 0.25) is 5.02 Å². The number of rotatable bonds is 1. The van der Waals surface area contributed by atoms with E-state index in [1.807, 2.05) is 0 Å². The maximum Gasteiger partial charge on any atom is 0.416 e. The van der Waals surface area contributed by atoms with Crippen LogP contribution >= 0.6 is 11.6 Å². The van der Waals surface area contributed by atoms with Gasteiger partial charge in [0.15, 0.2) is 0 Å². The molecule has 2 amide bonds. The van der Waals surface area contributed by atoms with Gasteiger partial charge in [-0.05, 0) is 18.2 Å². The molecule has 1 aliphatic heterocycles.